The summed E-state index contributed by atoms with van der Waals surface area (Å²) in [6, 6.07) is 10.2. The van der Waals surface area contributed by atoms with E-state index in [9.17, 15) is 0 Å². The highest BCUT2D eigenvalue weighted by atomic mass is 16.5. The van der Waals surface area contributed by atoms with Crippen LogP contribution >= 0.6 is 0 Å². The van der Waals surface area contributed by atoms with Gasteiger partial charge in [-0.25, -0.2) is 0 Å². The van der Waals surface area contributed by atoms with E-state index in [1.807, 2.05) is 26.0 Å². The van der Waals surface area contributed by atoms with E-state index >= 15 is 0 Å². The number of benzene rings is 1. The summed E-state index contributed by atoms with van der Waals surface area (Å²) < 4.78 is 5.57. The zero-order valence-corrected chi connectivity index (χ0v) is 10.6. The summed E-state index contributed by atoms with van der Waals surface area (Å²) in [7, 11) is 0. The largest absolute Gasteiger partial charge is 0.491 e. The second kappa shape index (κ2) is 7.70. The zero-order valence-electron chi connectivity index (χ0n) is 10.6. The van der Waals surface area contributed by atoms with Crippen LogP contribution in [0.3, 0.4) is 0 Å². The van der Waals surface area contributed by atoms with Gasteiger partial charge in [0, 0.05) is 13.0 Å². The Hall–Kier alpha value is -1.53. The Kier molecular flexibility index (Phi) is 6.13. The van der Waals surface area contributed by atoms with E-state index in [1.54, 1.807) is 0 Å². The van der Waals surface area contributed by atoms with E-state index in [-0.39, 0.29) is 6.10 Å². The predicted octanol–water partition coefficient (Wildman–Crippen LogP) is 2.87. The molecule has 0 unspecified atom stereocenters. The fraction of sp³-hybridized carbons (Fsp3) is 0.500. The number of hydrogen-bond acceptors (Lipinski definition) is 3. The lowest BCUT2D eigenvalue weighted by molar-refractivity contribution is 0.242. The second-order valence-corrected chi connectivity index (χ2v) is 4.25. The van der Waals surface area contributed by atoms with Crippen LogP contribution in [0.1, 0.15) is 32.3 Å². The molecule has 3 nitrogen and oxygen atoms in total. The number of nitrogens with one attached hydrogen (secondary N) is 1. The molecule has 0 fully saturated rings. The summed E-state index contributed by atoms with van der Waals surface area (Å²) in [5.74, 6) is 0.910. The van der Waals surface area contributed by atoms with Crippen molar-refractivity contribution in [1.82, 2.24) is 5.32 Å². The Morgan fingerprint density at radius 1 is 1.29 bits per heavy atom. The van der Waals surface area contributed by atoms with Crippen molar-refractivity contribution in [3.8, 4) is 11.8 Å². The van der Waals surface area contributed by atoms with Crippen molar-refractivity contribution >= 4 is 0 Å². The number of hydrogen-bond donors (Lipinski definition) is 1. The number of nitriles is 1. The summed E-state index contributed by atoms with van der Waals surface area (Å²) in [5.41, 5.74) is 1.23. The molecule has 1 aromatic rings. The summed E-state index contributed by atoms with van der Waals surface area (Å²) in [4.78, 5) is 0. The molecule has 0 heterocycles. The molecule has 0 aromatic heterocycles. The van der Waals surface area contributed by atoms with Gasteiger partial charge in [0.15, 0.2) is 0 Å². The van der Waals surface area contributed by atoms with Crippen LogP contribution in [0.15, 0.2) is 24.3 Å². The molecular formula is C14H20N2O. The van der Waals surface area contributed by atoms with Gasteiger partial charge in [0.25, 0.3) is 0 Å². The molecule has 0 aliphatic heterocycles. The van der Waals surface area contributed by atoms with E-state index < -0.39 is 0 Å². The third-order valence-corrected chi connectivity index (χ3v) is 2.27. The van der Waals surface area contributed by atoms with Crippen LogP contribution < -0.4 is 10.1 Å². The van der Waals surface area contributed by atoms with Gasteiger partial charge < -0.3 is 10.1 Å². The minimum atomic E-state index is 0.213. The van der Waals surface area contributed by atoms with Gasteiger partial charge in [-0.15, -0.1) is 0 Å². The van der Waals surface area contributed by atoms with E-state index in [2.05, 4.69) is 23.5 Å². The van der Waals surface area contributed by atoms with E-state index in [0.717, 1.165) is 25.3 Å². The highest BCUT2D eigenvalue weighted by Crippen LogP contribution is 2.13. The predicted molar refractivity (Wildman–Crippen MR) is 68.8 cm³/mol. The molecule has 1 rings (SSSR count). The summed E-state index contributed by atoms with van der Waals surface area (Å²) in [5, 5.41) is 11.7. The van der Waals surface area contributed by atoms with Crippen LogP contribution in [-0.2, 0) is 6.54 Å². The van der Waals surface area contributed by atoms with Crippen LogP contribution in [0.4, 0.5) is 0 Å². The third-order valence-electron chi connectivity index (χ3n) is 2.27. The first kappa shape index (κ1) is 13.5. The van der Waals surface area contributed by atoms with Gasteiger partial charge in [0.05, 0.1) is 12.2 Å². The average molecular weight is 232 g/mol. The first-order valence-electron chi connectivity index (χ1n) is 6.05. The Bertz CT molecular complexity index is 351. The maximum atomic E-state index is 8.39. The Morgan fingerprint density at radius 3 is 2.59 bits per heavy atom. The minimum Gasteiger partial charge on any atom is -0.491 e. The van der Waals surface area contributed by atoms with Gasteiger partial charge >= 0.3 is 0 Å². The van der Waals surface area contributed by atoms with Gasteiger partial charge in [0.1, 0.15) is 5.75 Å². The molecule has 1 N–H and O–H groups in total. The fourth-order valence-electron chi connectivity index (χ4n) is 1.48. The van der Waals surface area contributed by atoms with Crippen LogP contribution in [0.5, 0.6) is 5.75 Å². The smallest absolute Gasteiger partial charge is 0.119 e. The molecule has 1 aromatic carbocycles. The molecule has 92 valence electrons. The second-order valence-electron chi connectivity index (χ2n) is 4.25. The Labute approximate surface area is 103 Å². The molecule has 0 bridgehead atoms. The average Bonchev–Trinajstić information content (AvgIpc) is 2.30. The topological polar surface area (TPSA) is 45.0 Å². The van der Waals surface area contributed by atoms with Crippen molar-refractivity contribution < 1.29 is 4.74 Å². The molecule has 0 atom stereocenters. The van der Waals surface area contributed by atoms with E-state index in [0.29, 0.717) is 6.42 Å². The van der Waals surface area contributed by atoms with E-state index in [1.165, 1.54) is 5.56 Å². The lowest BCUT2D eigenvalue weighted by Crippen LogP contribution is -2.14. The third kappa shape index (κ3) is 5.94. The lowest BCUT2D eigenvalue weighted by Gasteiger charge is -2.10. The highest BCUT2D eigenvalue weighted by molar-refractivity contribution is 5.27. The molecule has 0 saturated heterocycles. The summed E-state index contributed by atoms with van der Waals surface area (Å²) in [6.07, 6.45) is 1.74. The molecule has 0 aliphatic rings. The van der Waals surface area contributed by atoms with Crippen LogP contribution in [0.2, 0.25) is 0 Å². The Morgan fingerprint density at radius 2 is 2.00 bits per heavy atom. The molecule has 0 saturated carbocycles. The van der Waals surface area contributed by atoms with Crippen molar-refractivity contribution in [2.75, 3.05) is 6.54 Å². The van der Waals surface area contributed by atoms with Crippen molar-refractivity contribution in [2.45, 2.75) is 39.3 Å². The van der Waals surface area contributed by atoms with Crippen LogP contribution in [0.25, 0.3) is 0 Å². The highest BCUT2D eigenvalue weighted by Gasteiger charge is 1.97. The first-order chi connectivity index (χ1) is 8.22. The van der Waals surface area contributed by atoms with Gasteiger partial charge in [-0.3, -0.25) is 0 Å². The number of rotatable bonds is 7. The maximum absolute atomic E-state index is 8.39. The summed E-state index contributed by atoms with van der Waals surface area (Å²) >= 11 is 0. The zero-order chi connectivity index (χ0) is 12.5. The number of unbranched alkanes of at least 4 members (excludes halogenated alkanes) is 1. The number of ether oxygens (including phenoxy) is 1. The van der Waals surface area contributed by atoms with Gasteiger partial charge in [0.2, 0.25) is 0 Å². The van der Waals surface area contributed by atoms with Crippen molar-refractivity contribution in [3.05, 3.63) is 29.8 Å². The van der Waals surface area contributed by atoms with Crippen molar-refractivity contribution in [2.24, 2.45) is 0 Å². The molecule has 0 amide bonds. The van der Waals surface area contributed by atoms with Gasteiger partial charge in [-0.2, -0.15) is 5.26 Å². The van der Waals surface area contributed by atoms with E-state index in [4.69, 9.17) is 10.00 Å². The molecule has 0 spiro atoms. The van der Waals surface area contributed by atoms with Crippen molar-refractivity contribution in [3.63, 3.8) is 0 Å². The van der Waals surface area contributed by atoms with Gasteiger partial charge in [-0.05, 0) is 44.5 Å². The van der Waals surface area contributed by atoms with Crippen LogP contribution in [0, 0.1) is 11.3 Å². The molecular weight excluding hydrogens is 212 g/mol. The quantitative estimate of drug-likeness (QED) is 0.735. The molecule has 0 radical (unpaired) electrons. The summed E-state index contributed by atoms with van der Waals surface area (Å²) in [6.45, 7) is 5.76. The SMILES string of the molecule is CC(C)Oc1ccc(CNCCCC#N)cc1. The maximum Gasteiger partial charge on any atom is 0.119 e. The monoisotopic (exact) mass is 232 g/mol. The lowest BCUT2D eigenvalue weighted by atomic mass is 10.2. The first-order valence-corrected chi connectivity index (χ1v) is 6.05. The minimum absolute atomic E-state index is 0.213. The molecule has 0 aliphatic carbocycles. The molecule has 17 heavy (non-hydrogen) atoms. The number of nitrogens with zero attached hydrogens (tertiary/aromatic N) is 1. The van der Waals surface area contributed by atoms with Crippen molar-refractivity contribution in [1.29, 1.82) is 5.26 Å². The van der Waals surface area contributed by atoms with Gasteiger partial charge in [-0.1, -0.05) is 12.1 Å². The normalized spacial score (nSPS) is 10.2. The molecule has 3 heteroatoms. The fourth-order valence-corrected chi connectivity index (χ4v) is 1.48. The standard InChI is InChI=1S/C14H20N2O/c1-12(2)17-14-7-5-13(6-8-14)11-16-10-4-3-9-15/h5-8,12,16H,3-4,10-11H2,1-2H3. The van der Waals surface area contributed by atoms with Crippen LogP contribution in [-0.4, -0.2) is 12.6 Å². The Balaban J connectivity index is 2.28.